The van der Waals surface area contributed by atoms with Gasteiger partial charge in [0.2, 0.25) is 0 Å². The zero-order valence-electron chi connectivity index (χ0n) is 9.66. The number of hydrogen-bond donors (Lipinski definition) is 2. The maximum absolute atomic E-state index is 12.8. The second-order valence-electron chi connectivity index (χ2n) is 4.02. The molecule has 5 nitrogen and oxygen atoms in total. The molecule has 0 aliphatic carbocycles. The standard InChI is InChI=1S/C11H11F2NO4/c1-11(2,9(15)16)14-10(17)18-6-3-4-7(12)8(13)5-6/h3-5H,1-2H3,(H,14,17)(H,15,16). The Bertz CT molecular complexity index is 488. The van der Waals surface area contributed by atoms with Crippen LogP contribution in [-0.2, 0) is 4.79 Å². The fourth-order valence-electron chi connectivity index (χ4n) is 0.982. The molecule has 0 fully saturated rings. The molecule has 7 heteroatoms. The third kappa shape index (κ3) is 3.41. The molecule has 0 aliphatic heterocycles. The summed E-state index contributed by atoms with van der Waals surface area (Å²) in [5, 5.41) is 10.8. The molecule has 0 aromatic heterocycles. The van der Waals surface area contributed by atoms with E-state index >= 15 is 0 Å². The zero-order chi connectivity index (χ0) is 13.9. The van der Waals surface area contributed by atoms with Gasteiger partial charge < -0.3 is 15.2 Å². The third-order valence-electron chi connectivity index (χ3n) is 2.05. The average Bonchev–Trinajstić information content (AvgIpc) is 2.22. The van der Waals surface area contributed by atoms with Gasteiger partial charge in [-0.2, -0.15) is 0 Å². The second-order valence-corrected chi connectivity index (χ2v) is 4.02. The molecule has 1 rings (SSSR count). The Morgan fingerprint density at radius 1 is 1.28 bits per heavy atom. The highest BCUT2D eigenvalue weighted by molar-refractivity contribution is 5.84. The quantitative estimate of drug-likeness (QED) is 0.869. The first-order valence-electron chi connectivity index (χ1n) is 4.91. The molecule has 1 aromatic rings. The molecule has 1 aromatic carbocycles. The van der Waals surface area contributed by atoms with Gasteiger partial charge in [0.25, 0.3) is 0 Å². The molecule has 0 saturated carbocycles. The maximum Gasteiger partial charge on any atom is 0.413 e. The Balaban J connectivity index is 2.71. The molecule has 0 unspecified atom stereocenters. The third-order valence-corrected chi connectivity index (χ3v) is 2.05. The number of halogens is 2. The van der Waals surface area contributed by atoms with Crippen LogP contribution in [-0.4, -0.2) is 22.7 Å². The lowest BCUT2D eigenvalue weighted by Gasteiger charge is -2.20. The molecular formula is C11H11F2NO4. The van der Waals surface area contributed by atoms with Gasteiger partial charge in [-0.3, -0.25) is 0 Å². The van der Waals surface area contributed by atoms with Gasteiger partial charge in [0, 0.05) is 6.07 Å². The van der Waals surface area contributed by atoms with Crippen molar-refractivity contribution in [1.82, 2.24) is 5.32 Å². The number of rotatable bonds is 3. The molecule has 98 valence electrons. The molecule has 0 bridgehead atoms. The van der Waals surface area contributed by atoms with E-state index in [4.69, 9.17) is 5.11 Å². The summed E-state index contributed by atoms with van der Waals surface area (Å²) in [6, 6.07) is 2.52. The first kappa shape index (κ1) is 13.9. The highest BCUT2D eigenvalue weighted by Gasteiger charge is 2.29. The molecule has 1 amide bonds. The highest BCUT2D eigenvalue weighted by atomic mass is 19.2. The molecule has 2 N–H and O–H groups in total. The van der Waals surface area contributed by atoms with Crippen LogP contribution in [0.2, 0.25) is 0 Å². The highest BCUT2D eigenvalue weighted by Crippen LogP contribution is 2.15. The summed E-state index contributed by atoms with van der Waals surface area (Å²) in [4.78, 5) is 22.0. The summed E-state index contributed by atoms with van der Waals surface area (Å²) in [6.45, 7) is 2.50. The summed E-state index contributed by atoms with van der Waals surface area (Å²) >= 11 is 0. The normalized spacial score (nSPS) is 10.9. The van der Waals surface area contributed by atoms with Gasteiger partial charge in [-0.1, -0.05) is 0 Å². The number of benzene rings is 1. The molecule has 0 radical (unpaired) electrons. The Morgan fingerprint density at radius 2 is 1.89 bits per heavy atom. The Hall–Kier alpha value is -2.18. The fraction of sp³-hybridized carbons (Fsp3) is 0.273. The van der Waals surface area contributed by atoms with Gasteiger partial charge in [-0.25, -0.2) is 18.4 Å². The number of hydrogen-bond acceptors (Lipinski definition) is 3. The van der Waals surface area contributed by atoms with Crippen LogP contribution in [0.5, 0.6) is 5.75 Å². The van der Waals surface area contributed by atoms with Crippen molar-refractivity contribution in [2.24, 2.45) is 0 Å². The second kappa shape index (κ2) is 4.99. The van der Waals surface area contributed by atoms with Crippen molar-refractivity contribution >= 4 is 12.1 Å². The molecule has 0 saturated heterocycles. The topological polar surface area (TPSA) is 75.6 Å². The van der Waals surface area contributed by atoms with Crippen LogP contribution in [0, 0.1) is 11.6 Å². The smallest absolute Gasteiger partial charge is 0.413 e. The van der Waals surface area contributed by atoms with E-state index in [0.717, 1.165) is 12.1 Å². The van der Waals surface area contributed by atoms with Crippen molar-refractivity contribution in [1.29, 1.82) is 0 Å². The number of carboxylic acids is 1. The molecular weight excluding hydrogens is 248 g/mol. The summed E-state index contributed by atoms with van der Waals surface area (Å²) in [5.41, 5.74) is -1.53. The summed E-state index contributed by atoms with van der Waals surface area (Å²) < 4.78 is 30.0. The van der Waals surface area contributed by atoms with E-state index in [2.05, 4.69) is 10.1 Å². The zero-order valence-corrected chi connectivity index (χ0v) is 9.66. The minimum atomic E-state index is -1.53. The Labute approximate surface area is 101 Å². The lowest BCUT2D eigenvalue weighted by molar-refractivity contribution is -0.143. The maximum atomic E-state index is 12.8. The van der Waals surface area contributed by atoms with E-state index in [1.807, 2.05) is 0 Å². The van der Waals surface area contributed by atoms with E-state index in [1.54, 1.807) is 0 Å². The number of aliphatic carboxylic acids is 1. The van der Waals surface area contributed by atoms with Crippen molar-refractivity contribution < 1.29 is 28.2 Å². The SMILES string of the molecule is CC(C)(NC(=O)Oc1ccc(F)c(F)c1)C(=O)O. The van der Waals surface area contributed by atoms with Crippen LogP contribution in [0.1, 0.15) is 13.8 Å². The van der Waals surface area contributed by atoms with Crippen molar-refractivity contribution in [2.75, 3.05) is 0 Å². The molecule has 0 aliphatic rings. The van der Waals surface area contributed by atoms with Crippen LogP contribution in [0.4, 0.5) is 13.6 Å². The fourth-order valence-corrected chi connectivity index (χ4v) is 0.982. The minimum Gasteiger partial charge on any atom is -0.480 e. The summed E-state index contributed by atoms with van der Waals surface area (Å²) in [6.07, 6.45) is -1.08. The monoisotopic (exact) mass is 259 g/mol. The van der Waals surface area contributed by atoms with Crippen LogP contribution in [0.15, 0.2) is 18.2 Å². The Kier molecular flexibility index (Phi) is 3.85. The molecule has 0 heterocycles. The molecule has 0 atom stereocenters. The van der Waals surface area contributed by atoms with Crippen LogP contribution in [0.3, 0.4) is 0 Å². The van der Waals surface area contributed by atoms with Gasteiger partial charge >= 0.3 is 12.1 Å². The lowest BCUT2D eigenvalue weighted by atomic mass is 10.1. The van der Waals surface area contributed by atoms with Gasteiger partial charge in [-0.15, -0.1) is 0 Å². The van der Waals surface area contributed by atoms with E-state index in [-0.39, 0.29) is 5.75 Å². The number of ether oxygens (including phenoxy) is 1. The van der Waals surface area contributed by atoms with Crippen molar-refractivity contribution in [3.05, 3.63) is 29.8 Å². The van der Waals surface area contributed by atoms with E-state index < -0.39 is 29.2 Å². The number of amides is 1. The van der Waals surface area contributed by atoms with E-state index in [0.29, 0.717) is 6.07 Å². The predicted molar refractivity (Wildman–Crippen MR) is 57.2 cm³/mol. The van der Waals surface area contributed by atoms with Crippen molar-refractivity contribution in [2.45, 2.75) is 19.4 Å². The van der Waals surface area contributed by atoms with E-state index in [9.17, 15) is 18.4 Å². The first-order valence-corrected chi connectivity index (χ1v) is 4.91. The van der Waals surface area contributed by atoms with Gasteiger partial charge in [0.15, 0.2) is 11.6 Å². The Morgan fingerprint density at radius 3 is 2.39 bits per heavy atom. The minimum absolute atomic E-state index is 0.229. The van der Waals surface area contributed by atoms with Crippen LogP contribution < -0.4 is 10.1 Å². The molecule has 0 spiro atoms. The van der Waals surface area contributed by atoms with E-state index in [1.165, 1.54) is 13.8 Å². The molecule has 18 heavy (non-hydrogen) atoms. The summed E-state index contributed by atoms with van der Waals surface area (Å²) in [7, 11) is 0. The average molecular weight is 259 g/mol. The van der Waals surface area contributed by atoms with Gasteiger partial charge in [-0.05, 0) is 26.0 Å². The number of carboxylic acid groups (broad SMARTS) is 1. The first-order chi connectivity index (χ1) is 8.22. The number of carbonyl (C=O) groups excluding carboxylic acids is 1. The largest absolute Gasteiger partial charge is 0.480 e. The number of nitrogens with one attached hydrogen (secondary N) is 1. The predicted octanol–water partition coefficient (Wildman–Crippen LogP) is 1.92. The van der Waals surface area contributed by atoms with Gasteiger partial charge in [0.1, 0.15) is 11.3 Å². The van der Waals surface area contributed by atoms with Gasteiger partial charge in [0.05, 0.1) is 0 Å². The lowest BCUT2D eigenvalue weighted by Crippen LogP contribution is -2.50. The summed E-state index contributed by atoms with van der Waals surface area (Å²) in [5.74, 6) is -3.73. The van der Waals surface area contributed by atoms with Crippen molar-refractivity contribution in [3.63, 3.8) is 0 Å². The number of carbonyl (C=O) groups is 2. The van der Waals surface area contributed by atoms with Crippen LogP contribution >= 0.6 is 0 Å². The van der Waals surface area contributed by atoms with Crippen LogP contribution in [0.25, 0.3) is 0 Å². The van der Waals surface area contributed by atoms with Crippen molar-refractivity contribution in [3.8, 4) is 5.75 Å².